The number of piperidine rings is 1. The molecule has 1 atom stereocenters. The van der Waals surface area contributed by atoms with Gasteiger partial charge in [0.15, 0.2) is 0 Å². The maximum Gasteiger partial charge on any atom is 0.320 e. The third-order valence-electron chi connectivity index (χ3n) is 3.13. The van der Waals surface area contributed by atoms with Gasteiger partial charge in [-0.15, -0.1) is 12.4 Å². The summed E-state index contributed by atoms with van der Waals surface area (Å²) in [5.41, 5.74) is 1.19. The molecular formula is C13H18ClNO2. The number of hydrogen-bond acceptors (Lipinski definition) is 2. The summed E-state index contributed by atoms with van der Waals surface area (Å²) < 4.78 is 0. The first-order valence-corrected chi connectivity index (χ1v) is 5.78. The fourth-order valence-electron chi connectivity index (χ4n) is 2.28. The van der Waals surface area contributed by atoms with Crippen LogP contribution in [0.25, 0.3) is 0 Å². The highest BCUT2D eigenvalue weighted by Crippen LogP contribution is 2.19. The summed E-state index contributed by atoms with van der Waals surface area (Å²) in [4.78, 5) is 13.2. The Kier molecular flexibility index (Phi) is 5.45. The molecule has 1 N–H and O–H groups in total. The first-order chi connectivity index (χ1) is 7.77. The minimum absolute atomic E-state index is 0. The standard InChI is InChI=1S/C13H17NO2.ClH/c15-13(16)12-8-4-5-9-14(12)10-11-6-2-1-3-7-11;/h1-3,6-7,12H,4-5,8-10H2,(H,15,16);1H/t12-;/m0./s1. The number of halogens is 1. The van der Waals surface area contributed by atoms with Crippen molar-refractivity contribution in [1.29, 1.82) is 0 Å². The summed E-state index contributed by atoms with van der Waals surface area (Å²) in [5.74, 6) is -0.685. The van der Waals surface area contributed by atoms with Gasteiger partial charge in [-0.3, -0.25) is 9.69 Å². The summed E-state index contributed by atoms with van der Waals surface area (Å²) in [7, 11) is 0. The maximum atomic E-state index is 11.1. The van der Waals surface area contributed by atoms with Crippen molar-refractivity contribution in [2.45, 2.75) is 31.8 Å². The second-order valence-corrected chi connectivity index (χ2v) is 4.31. The van der Waals surface area contributed by atoms with Gasteiger partial charge in [0.2, 0.25) is 0 Å². The van der Waals surface area contributed by atoms with Crippen molar-refractivity contribution in [3.8, 4) is 0 Å². The first kappa shape index (κ1) is 14.0. The highest BCUT2D eigenvalue weighted by Gasteiger charge is 2.27. The number of likely N-dealkylation sites (tertiary alicyclic amines) is 1. The second kappa shape index (κ2) is 6.62. The Morgan fingerprint density at radius 3 is 2.65 bits per heavy atom. The van der Waals surface area contributed by atoms with Crippen LogP contribution in [-0.4, -0.2) is 28.6 Å². The van der Waals surface area contributed by atoms with Gasteiger partial charge in [-0.1, -0.05) is 36.8 Å². The molecular weight excluding hydrogens is 238 g/mol. The van der Waals surface area contributed by atoms with Gasteiger partial charge in [0, 0.05) is 6.54 Å². The molecule has 17 heavy (non-hydrogen) atoms. The third-order valence-corrected chi connectivity index (χ3v) is 3.13. The van der Waals surface area contributed by atoms with Crippen molar-refractivity contribution in [3.05, 3.63) is 35.9 Å². The number of hydrogen-bond donors (Lipinski definition) is 1. The van der Waals surface area contributed by atoms with Crippen molar-refractivity contribution >= 4 is 18.4 Å². The van der Waals surface area contributed by atoms with Gasteiger partial charge in [0.1, 0.15) is 6.04 Å². The Hall–Kier alpha value is -1.06. The molecule has 3 nitrogen and oxygen atoms in total. The van der Waals surface area contributed by atoms with Crippen LogP contribution in [0.4, 0.5) is 0 Å². The molecule has 0 saturated carbocycles. The minimum atomic E-state index is -0.685. The Labute approximate surface area is 108 Å². The quantitative estimate of drug-likeness (QED) is 0.902. The SMILES string of the molecule is Cl.O=C(O)[C@@H]1CCCCN1Cc1ccccc1. The first-order valence-electron chi connectivity index (χ1n) is 5.78. The number of aliphatic carboxylic acids is 1. The number of nitrogens with zero attached hydrogens (tertiary/aromatic N) is 1. The lowest BCUT2D eigenvalue weighted by atomic mass is 10.0. The monoisotopic (exact) mass is 255 g/mol. The van der Waals surface area contributed by atoms with Crippen LogP contribution in [0.2, 0.25) is 0 Å². The molecule has 0 radical (unpaired) electrons. The number of carboxylic acids is 1. The van der Waals surface area contributed by atoms with E-state index in [1.165, 1.54) is 5.56 Å². The van der Waals surface area contributed by atoms with Gasteiger partial charge < -0.3 is 5.11 Å². The molecule has 1 aliphatic rings. The van der Waals surface area contributed by atoms with E-state index in [0.29, 0.717) is 0 Å². The van der Waals surface area contributed by atoms with Crippen LogP contribution in [0.3, 0.4) is 0 Å². The highest BCUT2D eigenvalue weighted by molar-refractivity contribution is 5.85. The van der Waals surface area contributed by atoms with E-state index >= 15 is 0 Å². The molecule has 4 heteroatoms. The zero-order valence-electron chi connectivity index (χ0n) is 9.71. The van der Waals surface area contributed by atoms with Crippen LogP contribution in [-0.2, 0) is 11.3 Å². The summed E-state index contributed by atoms with van der Waals surface area (Å²) in [6.07, 6.45) is 2.92. The topological polar surface area (TPSA) is 40.5 Å². The van der Waals surface area contributed by atoms with Crippen LogP contribution in [0.5, 0.6) is 0 Å². The molecule has 1 fully saturated rings. The van der Waals surface area contributed by atoms with Gasteiger partial charge in [0.25, 0.3) is 0 Å². The van der Waals surface area contributed by atoms with Crippen LogP contribution in [0.15, 0.2) is 30.3 Å². The maximum absolute atomic E-state index is 11.1. The fourth-order valence-corrected chi connectivity index (χ4v) is 2.28. The van der Waals surface area contributed by atoms with E-state index in [4.69, 9.17) is 5.11 Å². The van der Waals surface area contributed by atoms with E-state index in [0.717, 1.165) is 32.4 Å². The summed E-state index contributed by atoms with van der Waals surface area (Å²) in [6, 6.07) is 9.77. The molecule has 1 heterocycles. The van der Waals surface area contributed by atoms with Crippen LogP contribution in [0.1, 0.15) is 24.8 Å². The van der Waals surface area contributed by atoms with E-state index in [2.05, 4.69) is 4.90 Å². The summed E-state index contributed by atoms with van der Waals surface area (Å²) in [5, 5.41) is 9.15. The van der Waals surface area contributed by atoms with Gasteiger partial charge in [-0.05, 0) is 24.9 Å². The Morgan fingerprint density at radius 2 is 2.00 bits per heavy atom. The molecule has 0 aliphatic carbocycles. The lowest BCUT2D eigenvalue weighted by molar-refractivity contribution is -0.144. The van der Waals surface area contributed by atoms with Crippen molar-refractivity contribution in [1.82, 2.24) is 4.90 Å². The fraction of sp³-hybridized carbons (Fsp3) is 0.462. The lowest BCUT2D eigenvalue weighted by Gasteiger charge is -2.32. The number of benzene rings is 1. The van der Waals surface area contributed by atoms with Gasteiger partial charge in [-0.25, -0.2) is 0 Å². The molecule has 0 bridgehead atoms. The molecule has 0 spiro atoms. The molecule has 0 unspecified atom stereocenters. The molecule has 1 aromatic rings. The highest BCUT2D eigenvalue weighted by atomic mass is 35.5. The molecule has 1 saturated heterocycles. The van der Waals surface area contributed by atoms with E-state index in [9.17, 15) is 4.79 Å². The Balaban J connectivity index is 0.00000144. The zero-order valence-corrected chi connectivity index (χ0v) is 10.5. The van der Waals surface area contributed by atoms with Crippen molar-refractivity contribution < 1.29 is 9.90 Å². The molecule has 1 aliphatic heterocycles. The van der Waals surface area contributed by atoms with Gasteiger partial charge in [0.05, 0.1) is 0 Å². The largest absolute Gasteiger partial charge is 0.480 e. The average molecular weight is 256 g/mol. The van der Waals surface area contributed by atoms with Crippen molar-refractivity contribution in [3.63, 3.8) is 0 Å². The van der Waals surface area contributed by atoms with Crippen molar-refractivity contribution in [2.75, 3.05) is 6.54 Å². The number of carbonyl (C=O) groups is 1. The lowest BCUT2D eigenvalue weighted by Crippen LogP contribution is -2.43. The minimum Gasteiger partial charge on any atom is -0.480 e. The second-order valence-electron chi connectivity index (χ2n) is 4.31. The van der Waals surface area contributed by atoms with Crippen molar-refractivity contribution in [2.24, 2.45) is 0 Å². The van der Waals surface area contributed by atoms with E-state index in [-0.39, 0.29) is 18.4 Å². The third kappa shape index (κ3) is 3.72. The average Bonchev–Trinajstić information content (AvgIpc) is 2.31. The van der Waals surface area contributed by atoms with Gasteiger partial charge in [-0.2, -0.15) is 0 Å². The summed E-state index contributed by atoms with van der Waals surface area (Å²) in [6.45, 7) is 1.64. The number of rotatable bonds is 3. The van der Waals surface area contributed by atoms with Crippen LogP contribution in [0, 0.1) is 0 Å². The Morgan fingerprint density at radius 1 is 1.29 bits per heavy atom. The zero-order chi connectivity index (χ0) is 11.4. The van der Waals surface area contributed by atoms with Crippen LogP contribution < -0.4 is 0 Å². The van der Waals surface area contributed by atoms with E-state index < -0.39 is 5.97 Å². The predicted octanol–water partition coefficient (Wildman–Crippen LogP) is 2.55. The molecule has 1 aromatic carbocycles. The van der Waals surface area contributed by atoms with E-state index in [1.54, 1.807) is 0 Å². The van der Waals surface area contributed by atoms with Crippen LogP contribution >= 0.6 is 12.4 Å². The smallest absolute Gasteiger partial charge is 0.320 e. The predicted molar refractivity (Wildman–Crippen MR) is 69.4 cm³/mol. The Bertz CT molecular complexity index is 356. The molecule has 94 valence electrons. The van der Waals surface area contributed by atoms with E-state index in [1.807, 2.05) is 30.3 Å². The molecule has 0 aromatic heterocycles. The summed E-state index contributed by atoms with van der Waals surface area (Å²) >= 11 is 0. The normalized spacial score (nSPS) is 20.6. The molecule has 0 amide bonds. The van der Waals surface area contributed by atoms with Gasteiger partial charge >= 0.3 is 5.97 Å². The number of carboxylic acid groups (broad SMARTS) is 1. The molecule has 2 rings (SSSR count).